The van der Waals surface area contributed by atoms with E-state index >= 15 is 0 Å². The molecule has 100 valence electrons. The van der Waals surface area contributed by atoms with Crippen LogP contribution in [0, 0.1) is 0 Å². The Hall–Kier alpha value is -1.55. The molecule has 18 heavy (non-hydrogen) atoms. The van der Waals surface area contributed by atoms with E-state index in [0.29, 0.717) is 6.54 Å². The van der Waals surface area contributed by atoms with Crippen molar-refractivity contribution in [2.45, 2.75) is 25.8 Å². The van der Waals surface area contributed by atoms with Gasteiger partial charge in [0.2, 0.25) is 5.91 Å². The van der Waals surface area contributed by atoms with Crippen molar-refractivity contribution in [3.8, 4) is 5.75 Å². The van der Waals surface area contributed by atoms with Crippen LogP contribution in [0.3, 0.4) is 0 Å². The Morgan fingerprint density at radius 2 is 1.89 bits per heavy atom. The van der Waals surface area contributed by atoms with Gasteiger partial charge < -0.3 is 15.4 Å². The highest BCUT2D eigenvalue weighted by Crippen LogP contribution is 2.12. The van der Waals surface area contributed by atoms with Crippen molar-refractivity contribution in [3.05, 3.63) is 29.8 Å². The average Bonchev–Trinajstić information content (AvgIpc) is 2.34. The molecule has 1 aromatic rings. The number of nitrogens with zero attached hydrogens (tertiary/aromatic N) is 1. The maximum Gasteiger partial charge on any atom is 0.241 e. The molecule has 4 heteroatoms. The molecule has 1 rings (SSSR count). The SMILES string of the molecule is COc1ccc(CCN(C)C(=O)C(C)(C)N)cc1. The van der Waals surface area contributed by atoms with Crippen LogP contribution in [-0.4, -0.2) is 37.0 Å². The van der Waals surface area contributed by atoms with Crippen LogP contribution in [0.5, 0.6) is 5.75 Å². The van der Waals surface area contributed by atoms with E-state index in [1.807, 2.05) is 24.3 Å². The Labute approximate surface area is 109 Å². The van der Waals surface area contributed by atoms with E-state index in [1.165, 1.54) is 5.56 Å². The van der Waals surface area contributed by atoms with Crippen molar-refractivity contribution >= 4 is 5.91 Å². The second-order valence-corrected chi connectivity index (χ2v) is 5.05. The smallest absolute Gasteiger partial charge is 0.241 e. The minimum Gasteiger partial charge on any atom is -0.497 e. The fourth-order valence-electron chi connectivity index (χ4n) is 1.68. The van der Waals surface area contributed by atoms with Gasteiger partial charge >= 0.3 is 0 Å². The molecule has 0 aromatic heterocycles. The molecule has 1 aromatic carbocycles. The van der Waals surface area contributed by atoms with Gasteiger partial charge in [-0.05, 0) is 38.0 Å². The normalized spacial score (nSPS) is 11.2. The van der Waals surface area contributed by atoms with Crippen LogP contribution in [-0.2, 0) is 11.2 Å². The average molecular weight is 250 g/mol. The van der Waals surface area contributed by atoms with Gasteiger partial charge in [0.1, 0.15) is 5.75 Å². The lowest BCUT2D eigenvalue weighted by Crippen LogP contribution is -2.50. The van der Waals surface area contributed by atoms with E-state index in [2.05, 4.69) is 0 Å². The summed E-state index contributed by atoms with van der Waals surface area (Å²) in [5.74, 6) is 0.794. The van der Waals surface area contributed by atoms with E-state index in [0.717, 1.165) is 12.2 Å². The standard InChI is InChI=1S/C14H22N2O2/c1-14(2,15)13(17)16(3)10-9-11-5-7-12(18-4)8-6-11/h5-8H,9-10,15H2,1-4H3. The number of carbonyl (C=O) groups excluding carboxylic acids is 1. The van der Waals surface area contributed by atoms with Crippen molar-refractivity contribution < 1.29 is 9.53 Å². The van der Waals surface area contributed by atoms with Crippen molar-refractivity contribution in [1.29, 1.82) is 0 Å². The number of hydrogen-bond acceptors (Lipinski definition) is 3. The zero-order chi connectivity index (χ0) is 13.8. The van der Waals surface area contributed by atoms with E-state index in [9.17, 15) is 4.79 Å². The third-order valence-corrected chi connectivity index (χ3v) is 2.79. The van der Waals surface area contributed by atoms with Gasteiger partial charge in [-0.2, -0.15) is 0 Å². The fourth-order valence-corrected chi connectivity index (χ4v) is 1.68. The number of nitrogens with two attached hydrogens (primary N) is 1. The minimum atomic E-state index is -0.811. The second-order valence-electron chi connectivity index (χ2n) is 5.05. The molecule has 0 heterocycles. The molecular formula is C14H22N2O2. The highest BCUT2D eigenvalue weighted by Gasteiger charge is 2.25. The minimum absolute atomic E-state index is 0.0454. The van der Waals surface area contributed by atoms with Crippen LogP contribution in [0.15, 0.2) is 24.3 Å². The molecule has 0 aliphatic carbocycles. The third-order valence-electron chi connectivity index (χ3n) is 2.79. The number of benzene rings is 1. The van der Waals surface area contributed by atoms with Gasteiger partial charge in [-0.15, -0.1) is 0 Å². The Kier molecular flexibility index (Phi) is 4.73. The lowest BCUT2D eigenvalue weighted by molar-refractivity contribution is -0.134. The highest BCUT2D eigenvalue weighted by atomic mass is 16.5. The van der Waals surface area contributed by atoms with E-state index in [-0.39, 0.29) is 5.91 Å². The maximum atomic E-state index is 11.9. The van der Waals surface area contributed by atoms with Crippen molar-refractivity contribution in [3.63, 3.8) is 0 Å². The van der Waals surface area contributed by atoms with Crippen molar-refractivity contribution in [2.75, 3.05) is 20.7 Å². The lowest BCUT2D eigenvalue weighted by Gasteiger charge is -2.25. The van der Waals surface area contributed by atoms with Crippen LogP contribution >= 0.6 is 0 Å². The van der Waals surface area contributed by atoms with Crippen LogP contribution in [0.4, 0.5) is 0 Å². The topological polar surface area (TPSA) is 55.6 Å². The predicted octanol–water partition coefficient (Wildman–Crippen LogP) is 1.43. The number of ether oxygens (including phenoxy) is 1. The summed E-state index contributed by atoms with van der Waals surface area (Å²) >= 11 is 0. The van der Waals surface area contributed by atoms with Gasteiger partial charge in [0.05, 0.1) is 12.6 Å². The first kappa shape index (κ1) is 14.5. The molecule has 0 unspecified atom stereocenters. The van der Waals surface area contributed by atoms with Crippen LogP contribution < -0.4 is 10.5 Å². The summed E-state index contributed by atoms with van der Waals surface area (Å²) in [6.45, 7) is 4.10. The monoisotopic (exact) mass is 250 g/mol. The van der Waals surface area contributed by atoms with Gasteiger partial charge in [0.25, 0.3) is 0 Å². The molecule has 0 radical (unpaired) electrons. The first-order valence-corrected chi connectivity index (χ1v) is 6.02. The van der Waals surface area contributed by atoms with Gasteiger partial charge in [-0.3, -0.25) is 4.79 Å². The molecule has 0 atom stereocenters. The molecule has 0 aliphatic rings. The molecule has 0 fully saturated rings. The summed E-state index contributed by atoms with van der Waals surface area (Å²) in [6.07, 6.45) is 0.808. The van der Waals surface area contributed by atoms with Crippen LogP contribution in [0.2, 0.25) is 0 Å². The summed E-state index contributed by atoms with van der Waals surface area (Å²) in [5.41, 5.74) is 6.14. The number of rotatable bonds is 5. The van der Waals surface area contributed by atoms with Gasteiger partial charge in [0.15, 0.2) is 0 Å². The maximum absolute atomic E-state index is 11.9. The molecule has 0 spiro atoms. The van der Waals surface area contributed by atoms with Gasteiger partial charge in [0, 0.05) is 13.6 Å². The Balaban J connectivity index is 2.52. The molecule has 0 saturated heterocycles. The fraction of sp³-hybridized carbons (Fsp3) is 0.500. The number of methoxy groups -OCH3 is 1. The van der Waals surface area contributed by atoms with Gasteiger partial charge in [-0.25, -0.2) is 0 Å². The summed E-state index contributed by atoms with van der Waals surface area (Å²) in [7, 11) is 3.42. The quantitative estimate of drug-likeness (QED) is 0.860. The molecule has 2 N–H and O–H groups in total. The zero-order valence-electron chi connectivity index (χ0n) is 11.6. The van der Waals surface area contributed by atoms with Crippen molar-refractivity contribution in [1.82, 2.24) is 4.90 Å². The Morgan fingerprint density at radius 1 is 1.33 bits per heavy atom. The van der Waals surface area contributed by atoms with Gasteiger partial charge in [-0.1, -0.05) is 12.1 Å². The number of hydrogen-bond donors (Lipinski definition) is 1. The van der Waals surface area contributed by atoms with E-state index in [1.54, 1.807) is 32.9 Å². The lowest BCUT2D eigenvalue weighted by atomic mass is 10.1. The number of carbonyl (C=O) groups is 1. The second kappa shape index (κ2) is 5.87. The first-order valence-electron chi connectivity index (χ1n) is 6.02. The summed E-state index contributed by atoms with van der Waals surface area (Å²) in [5, 5.41) is 0. The Morgan fingerprint density at radius 3 is 2.33 bits per heavy atom. The number of amides is 1. The molecule has 0 aliphatic heterocycles. The molecule has 4 nitrogen and oxygen atoms in total. The third kappa shape index (κ3) is 4.04. The largest absolute Gasteiger partial charge is 0.497 e. The first-order chi connectivity index (χ1) is 8.34. The zero-order valence-corrected chi connectivity index (χ0v) is 11.6. The van der Waals surface area contributed by atoms with E-state index < -0.39 is 5.54 Å². The van der Waals surface area contributed by atoms with E-state index in [4.69, 9.17) is 10.5 Å². The molecule has 1 amide bonds. The van der Waals surface area contributed by atoms with Crippen LogP contribution in [0.1, 0.15) is 19.4 Å². The summed E-state index contributed by atoms with van der Waals surface area (Å²) < 4.78 is 5.10. The number of likely N-dealkylation sites (N-methyl/N-ethyl adjacent to an activating group) is 1. The summed E-state index contributed by atoms with van der Waals surface area (Å²) in [6, 6.07) is 7.85. The Bertz CT molecular complexity index is 393. The van der Waals surface area contributed by atoms with Crippen molar-refractivity contribution in [2.24, 2.45) is 5.73 Å². The highest BCUT2D eigenvalue weighted by molar-refractivity contribution is 5.84. The molecular weight excluding hydrogens is 228 g/mol. The molecule has 0 bridgehead atoms. The van der Waals surface area contributed by atoms with Crippen LogP contribution in [0.25, 0.3) is 0 Å². The molecule has 0 saturated carbocycles. The predicted molar refractivity (Wildman–Crippen MR) is 72.6 cm³/mol. The summed E-state index contributed by atoms with van der Waals surface area (Å²) in [4.78, 5) is 13.5.